The number of hydrogen-bond donors (Lipinski definition) is 0. The quantitative estimate of drug-likeness (QED) is 0.666. The van der Waals surface area contributed by atoms with Crippen molar-refractivity contribution in [3.63, 3.8) is 0 Å². The molecule has 3 aromatic rings. The highest BCUT2D eigenvalue weighted by molar-refractivity contribution is 7.20. The minimum Gasteiger partial charge on any atom is -0.492 e. The standard InChI is InChI=1S/C17H16N2OS2/c1-2-20-12-6-5-11(13-4-3-9-21-13)15-14(12)18-16(22-15)17-7-8-19(17)10-17/h3-6,9H,2,7-8,10H2,1H3. The molecule has 2 fully saturated rings. The van der Waals surface area contributed by atoms with Gasteiger partial charge < -0.3 is 4.74 Å². The Kier molecular flexibility index (Phi) is 2.69. The van der Waals surface area contributed by atoms with Gasteiger partial charge in [-0.2, -0.15) is 0 Å². The fraction of sp³-hybridized carbons (Fsp3) is 0.353. The molecule has 0 N–H and O–H groups in total. The number of thiophene rings is 1. The highest BCUT2D eigenvalue weighted by Gasteiger charge is 2.62. The summed E-state index contributed by atoms with van der Waals surface area (Å²) in [6.07, 6.45) is 1.26. The van der Waals surface area contributed by atoms with Gasteiger partial charge in [-0.3, -0.25) is 4.90 Å². The Morgan fingerprint density at radius 3 is 2.95 bits per heavy atom. The molecule has 2 unspecified atom stereocenters. The van der Waals surface area contributed by atoms with Crippen molar-refractivity contribution < 1.29 is 4.74 Å². The van der Waals surface area contributed by atoms with E-state index in [0.717, 1.165) is 11.3 Å². The third kappa shape index (κ3) is 1.67. The lowest BCUT2D eigenvalue weighted by atomic mass is 10.0. The van der Waals surface area contributed by atoms with Gasteiger partial charge in [0.25, 0.3) is 0 Å². The van der Waals surface area contributed by atoms with E-state index in [4.69, 9.17) is 9.72 Å². The van der Waals surface area contributed by atoms with E-state index >= 15 is 0 Å². The van der Waals surface area contributed by atoms with Crippen LogP contribution in [0.4, 0.5) is 0 Å². The van der Waals surface area contributed by atoms with Crippen molar-refractivity contribution in [1.29, 1.82) is 0 Å². The second kappa shape index (κ2) is 4.54. The average molecular weight is 328 g/mol. The van der Waals surface area contributed by atoms with Crippen LogP contribution in [0.15, 0.2) is 29.6 Å². The van der Waals surface area contributed by atoms with Gasteiger partial charge in [-0.05, 0) is 36.9 Å². The summed E-state index contributed by atoms with van der Waals surface area (Å²) in [4.78, 5) is 8.81. The summed E-state index contributed by atoms with van der Waals surface area (Å²) in [5.74, 6) is 0.920. The summed E-state index contributed by atoms with van der Waals surface area (Å²) < 4.78 is 7.09. The number of thiazole rings is 1. The Bertz CT molecular complexity index is 851. The highest BCUT2D eigenvalue weighted by atomic mass is 32.1. The maximum atomic E-state index is 5.82. The second-order valence-electron chi connectivity index (χ2n) is 5.92. The molecule has 2 aliphatic rings. The summed E-state index contributed by atoms with van der Waals surface area (Å²) in [7, 11) is 0. The molecule has 2 atom stereocenters. The predicted octanol–water partition coefficient (Wildman–Crippen LogP) is 4.34. The Morgan fingerprint density at radius 1 is 1.36 bits per heavy atom. The minimum absolute atomic E-state index is 0.278. The van der Waals surface area contributed by atoms with Crippen molar-refractivity contribution >= 4 is 32.9 Å². The molecule has 0 amide bonds. The van der Waals surface area contributed by atoms with E-state index in [1.165, 1.54) is 39.7 Å². The first-order chi connectivity index (χ1) is 10.8. The fourth-order valence-electron chi connectivity index (χ4n) is 3.37. The van der Waals surface area contributed by atoms with Crippen LogP contribution < -0.4 is 4.74 Å². The van der Waals surface area contributed by atoms with Gasteiger partial charge in [0.15, 0.2) is 0 Å². The first-order valence-electron chi connectivity index (χ1n) is 7.67. The van der Waals surface area contributed by atoms with Gasteiger partial charge in [0.05, 0.1) is 16.8 Å². The zero-order chi connectivity index (χ0) is 14.7. The summed E-state index contributed by atoms with van der Waals surface area (Å²) in [5.41, 5.74) is 2.61. The maximum Gasteiger partial charge on any atom is 0.146 e. The molecule has 0 spiro atoms. The van der Waals surface area contributed by atoms with E-state index in [2.05, 4.69) is 34.5 Å². The number of benzene rings is 1. The van der Waals surface area contributed by atoms with Crippen molar-refractivity contribution in [3.05, 3.63) is 34.7 Å². The van der Waals surface area contributed by atoms with Gasteiger partial charge in [0.1, 0.15) is 16.3 Å². The summed E-state index contributed by atoms with van der Waals surface area (Å²) in [5, 5.41) is 3.41. The topological polar surface area (TPSA) is 25.1 Å². The van der Waals surface area contributed by atoms with Gasteiger partial charge in [0, 0.05) is 23.5 Å². The van der Waals surface area contributed by atoms with Crippen LogP contribution in [0.5, 0.6) is 5.75 Å². The number of rotatable bonds is 4. The number of nitrogens with zero attached hydrogens (tertiary/aromatic N) is 2. The van der Waals surface area contributed by atoms with Crippen molar-refractivity contribution in [2.45, 2.75) is 18.9 Å². The van der Waals surface area contributed by atoms with Gasteiger partial charge in [-0.1, -0.05) is 6.07 Å². The van der Waals surface area contributed by atoms with Crippen LogP contribution in [0, 0.1) is 0 Å². The van der Waals surface area contributed by atoms with Gasteiger partial charge >= 0.3 is 0 Å². The Hall–Kier alpha value is -1.43. The molecule has 4 heterocycles. The number of aromatic nitrogens is 1. The number of fused-ring (bicyclic) bond motifs is 2. The lowest BCUT2D eigenvalue weighted by Crippen LogP contribution is -2.29. The first-order valence-corrected chi connectivity index (χ1v) is 9.37. The Balaban J connectivity index is 1.72. The molecule has 5 heteroatoms. The van der Waals surface area contributed by atoms with E-state index in [-0.39, 0.29) is 5.54 Å². The molecule has 2 aliphatic heterocycles. The Labute approximate surface area is 137 Å². The maximum absolute atomic E-state index is 5.82. The summed E-state index contributed by atoms with van der Waals surface area (Å²) >= 11 is 3.65. The summed E-state index contributed by atoms with van der Waals surface area (Å²) in [6, 6.07) is 8.56. The van der Waals surface area contributed by atoms with E-state index in [0.29, 0.717) is 6.61 Å². The zero-order valence-electron chi connectivity index (χ0n) is 12.3. The molecular weight excluding hydrogens is 312 g/mol. The lowest BCUT2D eigenvalue weighted by molar-refractivity contribution is 0.272. The van der Waals surface area contributed by atoms with Gasteiger partial charge in [-0.25, -0.2) is 4.98 Å². The van der Waals surface area contributed by atoms with Crippen molar-refractivity contribution in [2.75, 3.05) is 19.7 Å². The van der Waals surface area contributed by atoms with Crippen molar-refractivity contribution in [2.24, 2.45) is 0 Å². The first kappa shape index (κ1) is 13.0. The molecule has 0 saturated carbocycles. The normalized spacial score (nSPS) is 25.8. The van der Waals surface area contributed by atoms with Crippen LogP contribution in [-0.4, -0.2) is 29.6 Å². The molecule has 1 aromatic carbocycles. The highest BCUT2D eigenvalue weighted by Crippen LogP contribution is 2.56. The smallest absolute Gasteiger partial charge is 0.146 e. The number of hydrogen-bond acceptors (Lipinski definition) is 5. The van der Waals surface area contributed by atoms with Crippen LogP contribution in [0.3, 0.4) is 0 Å². The zero-order valence-corrected chi connectivity index (χ0v) is 14.0. The fourth-order valence-corrected chi connectivity index (χ4v) is 5.54. The monoisotopic (exact) mass is 328 g/mol. The molecule has 3 nitrogen and oxygen atoms in total. The summed E-state index contributed by atoms with van der Waals surface area (Å²) in [6.45, 7) is 5.12. The van der Waals surface area contributed by atoms with E-state index in [9.17, 15) is 0 Å². The molecule has 2 saturated heterocycles. The molecule has 0 radical (unpaired) electrons. The SMILES string of the molecule is CCOc1ccc(-c2cccs2)c2sc(C34CCN3C4)nc12. The van der Waals surface area contributed by atoms with Gasteiger partial charge in [0.2, 0.25) is 0 Å². The predicted molar refractivity (Wildman–Crippen MR) is 92.0 cm³/mol. The molecule has 112 valence electrons. The van der Waals surface area contributed by atoms with E-state index < -0.39 is 0 Å². The lowest BCUT2D eigenvalue weighted by Gasteiger charge is -2.23. The molecule has 0 aliphatic carbocycles. The molecule has 0 bridgehead atoms. The van der Waals surface area contributed by atoms with Crippen LogP contribution in [0.2, 0.25) is 0 Å². The van der Waals surface area contributed by atoms with Crippen LogP contribution in [0.1, 0.15) is 18.4 Å². The van der Waals surface area contributed by atoms with Crippen LogP contribution in [0.25, 0.3) is 20.7 Å². The third-order valence-corrected chi connectivity index (χ3v) is 6.93. The number of ether oxygens (including phenoxy) is 1. The molecule has 22 heavy (non-hydrogen) atoms. The van der Waals surface area contributed by atoms with Crippen molar-refractivity contribution in [1.82, 2.24) is 9.88 Å². The van der Waals surface area contributed by atoms with Crippen LogP contribution in [-0.2, 0) is 5.54 Å². The Morgan fingerprint density at radius 2 is 2.32 bits per heavy atom. The molecule has 2 aromatic heterocycles. The largest absolute Gasteiger partial charge is 0.492 e. The molecule has 5 rings (SSSR count). The second-order valence-corrected chi connectivity index (χ2v) is 7.87. The average Bonchev–Trinajstić information content (AvgIpc) is 2.99. The van der Waals surface area contributed by atoms with Gasteiger partial charge in [-0.15, -0.1) is 22.7 Å². The molecular formula is C17H16N2OS2. The van der Waals surface area contributed by atoms with Crippen molar-refractivity contribution in [3.8, 4) is 16.2 Å². The van der Waals surface area contributed by atoms with Crippen LogP contribution >= 0.6 is 22.7 Å². The third-order valence-electron chi connectivity index (χ3n) is 4.74. The van der Waals surface area contributed by atoms with E-state index in [1.54, 1.807) is 11.3 Å². The van der Waals surface area contributed by atoms with E-state index in [1.807, 2.05) is 18.3 Å². The minimum atomic E-state index is 0.278.